The van der Waals surface area contributed by atoms with Crippen molar-refractivity contribution < 1.29 is 0 Å². The number of aromatic amines is 2. The van der Waals surface area contributed by atoms with Crippen LogP contribution in [0.3, 0.4) is 0 Å². The molecule has 0 spiro atoms. The number of hydrogen-bond acceptors (Lipinski definition) is 3. The van der Waals surface area contributed by atoms with Gasteiger partial charge >= 0.3 is 0 Å². The highest BCUT2D eigenvalue weighted by atomic mass is 16.1. The first-order valence-corrected chi connectivity index (χ1v) is 9.84. The summed E-state index contributed by atoms with van der Waals surface area (Å²) >= 11 is 0. The maximum atomic E-state index is 13.0. The highest BCUT2D eigenvalue weighted by Gasteiger charge is 2.33. The van der Waals surface area contributed by atoms with Crippen molar-refractivity contribution in [2.45, 2.75) is 5.92 Å². The molecule has 1 aliphatic rings. The third-order valence-corrected chi connectivity index (χ3v) is 5.89. The molecule has 0 saturated carbocycles. The van der Waals surface area contributed by atoms with Crippen LogP contribution in [-0.2, 0) is 0 Å². The highest BCUT2D eigenvalue weighted by Crippen LogP contribution is 2.47. The van der Waals surface area contributed by atoms with E-state index in [1.165, 1.54) is 0 Å². The second-order valence-electron chi connectivity index (χ2n) is 7.55. The van der Waals surface area contributed by atoms with Crippen LogP contribution in [0.4, 0.5) is 11.5 Å². The molecule has 144 valence electrons. The van der Waals surface area contributed by atoms with Crippen LogP contribution < -0.4 is 16.4 Å². The summed E-state index contributed by atoms with van der Waals surface area (Å²) < 4.78 is 0. The number of rotatable bonds is 1. The van der Waals surface area contributed by atoms with Crippen molar-refractivity contribution in [3.63, 3.8) is 0 Å². The summed E-state index contributed by atoms with van der Waals surface area (Å²) in [5, 5.41) is 5.73. The number of nitrogens with one attached hydrogen (secondary N) is 3. The maximum absolute atomic E-state index is 13.0. The zero-order valence-electron chi connectivity index (χ0n) is 15.9. The van der Waals surface area contributed by atoms with Crippen LogP contribution >= 0.6 is 0 Å². The van der Waals surface area contributed by atoms with Gasteiger partial charge in [0.25, 0.3) is 11.1 Å². The van der Waals surface area contributed by atoms with Crippen LogP contribution in [0.5, 0.6) is 0 Å². The van der Waals surface area contributed by atoms with Gasteiger partial charge in [-0.2, -0.15) is 0 Å². The van der Waals surface area contributed by atoms with Gasteiger partial charge in [-0.05, 0) is 23.1 Å². The lowest BCUT2D eigenvalue weighted by atomic mass is 9.79. The van der Waals surface area contributed by atoms with Crippen molar-refractivity contribution >= 4 is 33.2 Å². The predicted molar refractivity (Wildman–Crippen MR) is 120 cm³/mol. The minimum atomic E-state index is -0.204. The molecular weight excluding hydrogens is 374 g/mol. The zero-order chi connectivity index (χ0) is 20.2. The third kappa shape index (κ3) is 2.29. The van der Waals surface area contributed by atoms with Crippen molar-refractivity contribution in [3.8, 4) is 0 Å². The summed E-state index contributed by atoms with van der Waals surface area (Å²) in [6.45, 7) is 0. The first kappa shape index (κ1) is 16.8. The fourth-order valence-electron chi connectivity index (χ4n) is 4.64. The number of anilines is 2. The Bertz CT molecular complexity index is 1570. The number of benzene rings is 3. The van der Waals surface area contributed by atoms with E-state index < -0.39 is 0 Å². The Morgan fingerprint density at radius 2 is 1.27 bits per heavy atom. The van der Waals surface area contributed by atoms with E-state index in [-0.39, 0.29) is 17.0 Å². The standard InChI is InChI=1S/C25H17N3O2/c29-24-16-11-5-4-10-15(16)21-19(14-8-2-1-3-9-14)20-17-12-6-7-13-18(17)26-25(30)22(20)27-23(21)28-24/h1-13,19H,(H,26,30)(H2,27,28,29)/t19-/m0/s1. The molecule has 5 aromatic rings. The van der Waals surface area contributed by atoms with E-state index in [4.69, 9.17) is 0 Å². The molecule has 0 radical (unpaired) electrons. The van der Waals surface area contributed by atoms with E-state index in [1.807, 2.05) is 66.7 Å². The van der Waals surface area contributed by atoms with Gasteiger partial charge < -0.3 is 15.3 Å². The van der Waals surface area contributed by atoms with E-state index in [0.717, 1.165) is 33.0 Å². The highest BCUT2D eigenvalue weighted by molar-refractivity contribution is 5.97. The minimum absolute atomic E-state index is 0.177. The van der Waals surface area contributed by atoms with Crippen molar-refractivity contribution in [2.24, 2.45) is 0 Å². The van der Waals surface area contributed by atoms with Gasteiger partial charge in [0, 0.05) is 33.3 Å². The van der Waals surface area contributed by atoms with E-state index in [0.29, 0.717) is 16.9 Å². The molecule has 3 N–H and O–H groups in total. The Morgan fingerprint density at radius 1 is 0.600 bits per heavy atom. The van der Waals surface area contributed by atoms with E-state index in [1.54, 1.807) is 0 Å². The molecule has 2 aromatic heterocycles. The Morgan fingerprint density at radius 3 is 2.07 bits per heavy atom. The summed E-state index contributed by atoms with van der Waals surface area (Å²) in [6, 6.07) is 25.6. The second kappa shape index (κ2) is 6.19. The van der Waals surface area contributed by atoms with Gasteiger partial charge in [0.15, 0.2) is 0 Å². The Labute approximate surface area is 171 Å². The Hall–Kier alpha value is -4.12. The number of aromatic nitrogens is 2. The zero-order valence-corrected chi connectivity index (χ0v) is 15.9. The minimum Gasteiger partial charge on any atom is -0.337 e. The number of fused-ring (bicyclic) bond motifs is 6. The van der Waals surface area contributed by atoms with Crippen LogP contribution in [0.25, 0.3) is 21.7 Å². The first-order valence-electron chi connectivity index (χ1n) is 9.84. The lowest BCUT2D eigenvalue weighted by Gasteiger charge is -2.31. The van der Waals surface area contributed by atoms with E-state index >= 15 is 0 Å². The molecule has 0 unspecified atom stereocenters. The van der Waals surface area contributed by atoms with Crippen LogP contribution in [0.15, 0.2) is 88.5 Å². The maximum Gasteiger partial charge on any atom is 0.272 e. The van der Waals surface area contributed by atoms with Gasteiger partial charge in [0.05, 0.1) is 0 Å². The first-order chi connectivity index (χ1) is 14.7. The van der Waals surface area contributed by atoms with Crippen LogP contribution in [0, 0.1) is 0 Å². The second-order valence-corrected chi connectivity index (χ2v) is 7.55. The molecule has 6 rings (SSSR count). The largest absolute Gasteiger partial charge is 0.337 e. The lowest BCUT2D eigenvalue weighted by Crippen LogP contribution is -2.26. The van der Waals surface area contributed by atoms with Gasteiger partial charge in [-0.25, -0.2) is 0 Å². The molecular formula is C25H17N3O2. The molecule has 0 fully saturated rings. The van der Waals surface area contributed by atoms with Crippen molar-refractivity contribution in [2.75, 3.05) is 5.32 Å². The van der Waals surface area contributed by atoms with Crippen LogP contribution in [0.1, 0.15) is 22.6 Å². The smallest absolute Gasteiger partial charge is 0.272 e. The van der Waals surface area contributed by atoms with E-state index in [9.17, 15) is 9.59 Å². The summed E-state index contributed by atoms with van der Waals surface area (Å²) in [6.07, 6.45) is 0. The average Bonchev–Trinajstić information content (AvgIpc) is 2.79. The number of pyridine rings is 2. The van der Waals surface area contributed by atoms with Gasteiger partial charge in [-0.3, -0.25) is 9.59 Å². The normalized spacial score (nSPS) is 14.9. The van der Waals surface area contributed by atoms with Crippen LogP contribution in [0.2, 0.25) is 0 Å². The molecule has 30 heavy (non-hydrogen) atoms. The monoisotopic (exact) mass is 391 g/mol. The van der Waals surface area contributed by atoms with Crippen molar-refractivity contribution in [1.29, 1.82) is 0 Å². The molecule has 0 aliphatic carbocycles. The lowest BCUT2D eigenvalue weighted by molar-refractivity contribution is 0.959. The fraction of sp³-hybridized carbons (Fsp3) is 0.0400. The Balaban J connectivity index is 1.82. The molecule has 0 bridgehead atoms. The predicted octanol–water partition coefficient (Wildman–Crippen LogP) is 4.61. The van der Waals surface area contributed by atoms with Gasteiger partial charge in [-0.1, -0.05) is 66.7 Å². The molecule has 5 nitrogen and oxygen atoms in total. The van der Waals surface area contributed by atoms with E-state index in [2.05, 4.69) is 27.4 Å². The van der Waals surface area contributed by atoms with Gasteiger partial charge in [-0.15, -0.1) is 0 Å². The molecule has 5 heteroatoms. The molecule has 1 atom stereocenters. The van der Waals surface area contributed by atoms with Crippen LogP contribution in [-0.4, -0.2) is 9.97 Å². The SMILES string of the molecule is O=c1[nH]c2ccccc2c2c1Nc1[nH]c(=O)c3ccccc3c1[C@H]2c1ccccc1. The fourth-order valence-corrected chi connectivity index (χ4v) is 4.64. The molecule has 0 saturated heterocycles. The Kier molecular flexibility index (Phi) is 3.47. The molecule has 0 amide bonds. The third-order valence-electron chi connectivity index (χ3n) is 5.89. The number of hydrogen-bond donors (Lipinski definition) is 3. The quantitative estimate of drug-likeness (QED) is 0.383. The van der Waals surface area contributed by atoms with Crippen molar-refractivity contribution in [3.05, 3.63) is 116 Å². The van der Waals surface area contributed by atoms with Crippen molar-refractivity contribution in [1.82, 2.24) is 9.97 Å². The number of H-pyrrole nitrogens is 2. The molecule has 1 aliphatic heterocycles. The summed E-state index contributed by atoms with van der Waals surface area (Å²) in [4.78, 5) is 31.7. The number of para-hydroxylation sites is 1. The molecule has 3 heterocycles. The van der Waals surface area contributed by atoms with Gasteiger partial charge in [0.2, 0.25) is 0 Å². The topological polar surface area (TPSA) is 77.8 Å². The summed E-state index contributed by atoms with van der Waals surface area (Å²) in [7, 11) is 0. The summed E-state index contributed by atoms with van der Waals surface area (Å²) in [5.74, 6) is 0.368. The average molecular weight is 391 g/mol. The molecule has 3 aromatic carbocycles. The summed E-state index contributed by atoms with van der Waals surface area (Å²) in [5.41, 5.74) is 3.84. The van der Waals surface area contributed by atoms with Gasteiger partial charge in [0.1, 0.15) is 11.5 Å².